The van der Waals surface area contributed by atoms with Gasteiger partial charge in [-0.1, -0.05) is 11.3 Å². The lowest BCUT2D eigenvalue weighted by molar-refractivity contribution is -0.386. The lowest BCUT2D eigenvalue weighted by Gasteiger charge is -2.03. The molecular weight excluding hydrogens is 341 g/mol. The molecule has 23 heavy (non-hydrogen) atoms. The van der Waals surface area contributed by atoms with E-state index >= 15 is 0 Å². The molecule has 0 unspecified atom stereocenters. The topological polar surface area (TPSA) is 116 Å². The minimum atomic E-state index is -4.64. The quantitative estimate of drug-likeness (QED) is 0.665. The number of carbonyl (C=O) groups is 1. The average molecular weight is 350 g/mol. The van der Waals surface area contributed by atoms with Crippen LogP contribution in [0.1, 0.15) is 16.4 Å². The molecule has 0 radical (unpaired) electrons. The highest BCUT2D eigenvalue weighted by Crippen LogP contribution is 2.33. The van der Waals surface area contributed by atoms with Gasteiger partial charge in [-0.3, -0.25) is 24.9 Å². The zero-order chi connectivity index (χ0) is 17.4. The number of nitrogens with zero attached hydrogens (tertiary/aromatic N) is 5. The predicted octanol–water partition coefficient (Wildman–Crippen LogP) is 1.92. The third-order valence-corrected chi connectivity index (χ3v) is 3.62. The number of nitrogens with one attached hydrogen (secondary N) is 1. The maximum Gasteiger partial charge on any atom is 0.445 e. The third kappa shape index (κ3) is 3.61. The molecule has 0 aliphatic carbocycles. The second-order valence-electron chi connectivity index (χ2n) is 4.39. The maximum atomic E-state index is 12.4. The summed E-state index contributed by atoms with van der Waals surface area (Å²) in [5.74, 6) is -0.727. The fourth-order valence-corrected chi connectivity index (χ4v) is 2.42. The Balaban J connectivity index is 2.10. The average Bonchev–Trinajstić information content (AvgIpc) is 2.95. The molecule has 0 spiro atoms. The summed E-state index contributed by atoms with van der Waals surface area (Å²) in [7, 11) is 0. The van der Waals surface area contributed by atoms with Gasteiger partial charge in [0.2, 0.25) is 16.0 Å². The van der Waals surface area contributed by atoms with Gasteiger partial charge in [-0.2, -0.15) is 18.3 Å². The van der Waals surface area contributed by atoms with E-state index < -0.39 is 28.6 Å². The third-order valence-electron chi connectivity index (χ3n) is 2.73. The van der Waals surface area contributed by atoms with Gasteiger partial charge < -0.3 is 0 Å². The Morgan fingerprint density at radius 2 is 2.04 bits per heavy atom. The molecule has 124 valence electrons. The number of hydrogen-bond donors (Lipinski definition) is 1. The van der Waals surface area contributed by atoms with Crippen molar-refractivity contribution in [3.05, 3.63) is 26.5 Å². The van der Waals surface area contributed by atoms with E-state index in [9.17, 15) is 28.1 Å². The normalized spacial score (nSPS) is 11.5. The number of halogens is 3. The number of carbonyl (C=O) groups excluding carboxylic acids is 1. The second-order valence-corrected chi connectivity index (χ2v) is 5.37. The van der Waals surface area contributed by atoms with E-state index in [2.05, 4.69) is 20.6 Å². The van der Waals surface area contributed by atoms with Crippen molar-refractivity contribution >= 4 is 28.1 Å². The van der Waals surface area contributed by atoms with Crippen molar-refractivity contribution in [3.63, 3.8) is 0 Å². The van der Waals surface area contributed by atoms with Crippen LogP contribution >= 0.6 is 11.3 Å². The number of amides is 1. The highest BCUT2D eigenvalue weighted by molar-refractivity contribution is 7.15. The Morgan fingerprint density at radius 1 is 1.39 bits per heavy atom. The second kappa shape index (κ2) is 5.91. The molecule has 1 amide bonds. The summed E-state index contributed by atoms with van der Waals surface area (Å²) in [6, 6.07) is 0. The first-order chi connectivity index (χ1) is 10.6. The van der Waals surface area contributed by atoms with E-state index in [4.69, 9.17) is 0 Å². The van der Waals surface area contributed by atoms with Gasteiger partial charge in [0.1, 0.15) is 17.9 Å². The summed E-state index contributed by atoms with van der Waals surface area (Å²) in [4.78, 5) is 22.0. The Morgan fingerprint density at radius 3 is 2.52 bits per heavy atom. The molecule has 0 saturated carbocycles. The summed E-state index contributed by atoms with van der Waals surface area (Å²) in [5, 5.41) is 21.5. The van der Waals surface area contributed by atoms with Crippen LogP contribution in [-0.2, 0) is 17.5 Å². The van der Waals surface area contributed by atoms with Crippen LogP contribution in [0.25, 0.3) is 0 Å². The molecule has 9 nitrogen and oxygen atoms in total. The SMILES string of the molecule is Cc1nn(CC(=O)Nc2nnc(C(F)(F)F)s2)c(C)c1[N+](=O)[O-]. The van der Waals surface area contributed by atoms with Gasteiger partial charge in [0.25, 0.3) is 0 Å². The molecule has 0 saturated heterocycles. The lowest BCUT2D eigenvalue weighted by Crippen LogP contribution is -2.20. The van der Waals surface area contributed by atoms with Crippen molar-refractivity contribution < 1.29 is 22.9 Å². The van der Waals surface area contributed by atoms with Crippen molar-refractivity contribution in [2.45, 2.75) is 26.6 Å². The van der Waals surface area contributed by atoms with Crippen molar-refractivity contribution in [2.24, 2.45) is 0 Å². The summed E-state index contributed by atoms with van der Waals surface area (Å²) in [6.07, 6.45) is -4.64. The van der Waals surface area contributed by atoms with Crippen LogP contribution in [0.4, 0.5) is 24.0 Å². The summed E-state index contributed by atoms with van der Waals surface area (Å²) < 4.78 is 38.2. The number of alkyl halides is 3. The van der Waals surface area contributed by atoms with E-state index in [0.29, 0.717) is 0 Å². The minimum Gasteiger partial charge on any atom is -0.299 e. The molecule has 1 N–H and O–H groups in total. The first kappa shape index (κ1) is 16.8. The van der Waals surface area contributed by atoms with E-state index in [-0.39, 0.29) is 33.5 Å². The number of hydrogen-bond acceptors (Lipinski definition) is 7. The molecule has 0 aliphatic rings. The minimum absolute atomic E-state index is 0.135. The van der Waals surface area contributed by atoms with Crippen LogP contribution in [0, 0.1) is 24.0 Å². The predicted molar refractivity (Wildman–Crippen MR) is 71.9 cm³/mol. The van der Waals surface area contributed by atoms with E-state index in [0.717, 1.165) is 4.68 Å². The van der Waals surface area contributed by atoms with Gasteiger partial charge in [-0.15, -0.1) is 10.2 Å². The van der Waals surface area contributed by atoms with Gasteiger partial charge in [-0.25, -0.2) is 0 Å². The zero-order valence-electron chi connectivity index (χ0n) is 11.7. The lowest BCUT2D eigenvalue weighted by atomic mass is 10.3. The highest BCUT2D eigenvalue weighted by atomic mass is 32.1. The first-order valence-electron chi connectivity index (χ1n) is 5.98. The molecule has 13 heteroatoms. The first-order valence-corrected chi connectivity index (χ1v) is 6.80. The molecule has 0 fully saturated rings. The standard InChI is InChI=1S/C10H9F3N6O3S/c1-4-7(19(21)22)5(2)18(17-4)3-6(20)14-9-16-15-8(23-9)10(11,12)13/h3H2,1-2H3,(H,14,16,20). The van der Waals surface area contributed by atoms with Crippen LogP contribution in [0.5, 0.6) is 0 Å². The van der Waals surface area contributed by atoms with Gasteiger partial charge in [0, 0.05) is 0 Å². The molecule has 0 aliphatic heterocycles. The number of nitro groups is 1. The molecule has 2 heterocycles. The molecule has 2 rings (SSSR count). The Hall–Kier alpha value is -2.57. The molecule has 0 bridgehead atoms. The maximum absolute atomic E-state index is 12.4. The fourth-order valence-electron chi connectivity index (χ4n) is 1.79. The van der Waals surface area contributed by atoms with E-state index in [1.54, 1.807) is 0 Å². The van der Waals surface area contributed by atoms with Gasteiger partial charge in [-0.05, 0) is 13.8 Å². The fraction of sp³-hybridized carbons (Fsp3) is 0.400. The molecule has 2 aromatic rings. The smallest absolute Gasteiger partial charge is 0.299 e. The van der Waals surface area contributed by atoms with Crippen molar-refractivity contribution in [3.8, 4) is 0 Å². The van der Waals surface area contributed by atoms with Crippen LogP contribution < -0.4 is 5.32 Å². The number of aryl methyl sites for hydroxylation is 1. The number of aromatic nitrogens is 4. The van der Waals surface area contributed by atoms with Crippen LogP contribution in [0.2, 0.25) is 0 Å². The summed E-state index contributed by atoms with van der Waals surface area (Å²) >= 11 is 0.179. The largest absolute Gasteiger partial charge is 0.445 e. The molecule has 2 aromatic heterocycles. The Kier molecular flexibility index (Phi) is 4.31. The number of anilines is 1. The van der Waals surface area contributed by atoms with Crippen LogP contribution in [0.3, 0.4) is 0 Å². The molecular formula is C10H9F3N6O3S. The molecule has 0 atom stereocenters. The van der Waals surface area contributed by atoms with Crippen molar-refractivity contribution in [2.75, 3.05) is 5.32 Å². The van der Waals surface area contributed by atoms with E-state index in [1.165, 1.54) is 13.8 Å². The van der Waals surface area contributed by atoms with Crippen LogP contribution in [-0.4, -0.2) is 30.8 Å². The van der Waals surface area contributed by atoms with E-state index in [1.807, 2.05) is 0 Å². The Labute approximate surface area is 130 Å². The van der Waals surface area contributed by atoms with Crippen LogP contribution in [0.15, 0.2) is 0 Å². The summed E-state index contributed by atoms with van der Waals surface area (Å²) in [5.41, 5.74) is 0.0829. The Bertz CT molecular complexity index is 768. The van der Waals surface area contributed by atoms with Crippen molar-refractivity contribution in [1.82, 2.24) is 20.0 Å². The highest BCUT2D eigenvalue weighted by Gasteiger charge is 2.35. The van der Waals surface area contributed by atoms with Gasteiger partial charge in [0.05, 0.1) is 4.92 Å². The number of rotatable bonds is 4. The van der Waals surface area contributed by atoms with Crippen molar-refractivity contribution in [1.29, 1.82) is 0 Å². The zero-order valence-corrected chi connectivity index (χ0v) is 12.5. The van der Waals surface area contributed by atoms with Gasteiger partial charge >= 0.3 is 11.9 Å². The van der Waals surface area contributed by atoms with Gasteiger partial charge in [0.15, 0.2) is 0 Å². The monoisotopic (exact) mass is 350 g/mol. The summed E-state index contributed by atoms with van der Waals surface area (Å²) in [6.45, 7) is 2.43. The molecule has 0 aromatic carbocycles.